The Bertz CT molecular complexity index is 1590. The molecule has 5 rings (SSSR count). The van der Waals surface area contributed by atoms with Crippen molar-refractivity contribution in [2.45, 2.75) is 6.54 Å². The van der Waals surface area contributed by atoms with Crippen LogP contribution in [0.4, 0.5) is 22.0 Å². The summed E-state index contributed by atoms with van der Waals surface area (Å²) in [5.74, 6) is 2.03. The van der Waals surface area contributed by atoms with E-state index in [1.54, 1.807) is 28.8 Å². The fourth-order valence-corrected chi connectivity index (χ4v) is 4.08. The van der Waals surface area contributed by atoms with Crippen molar-refractivity contribution >= 4 is 40.2 Å². The molecular weight excluding hydrogens is 513 g/mol. The normalized spacial score (nSPS) is 10.9. The Morgan fingerprint density at radius 2 is 1.68 bits per heavy atom. The van der Waals surface area contributed by atoms with Crippen LogP contribution < -0.4 is 24.8 Å². The molecule has 0 aliphatic carbocycles. The summed E-state index contributed by atoms with van der Waals surface area (Å²) in [6, 6.07) is 15.6. The van der Waals surface area contributed by atoms with Crippen LogP contribution in [-0.4, -0.2) is 45.8 Å². The molecule has 10 nitrogen and oxygen atoms in total. The van der Waals surface area contributed by atoms with Crippen molar-refractivity contribution in [3.8, 4) is 23.2 Å². The van der Waals surface area contributed by atoms with Gasteiger partial charge in [-0.25, -0.2) is 23.9 Å². The van der Waals surface area contributed by atoms with Crippen LogP contribution in [0.15, 0.2) is 60.9 Å². The van der Waals surface area contributed by atoms with Gasteiger partial charge in [-0.3, -0.25) is 0 Å². The maximum atomic E-state index is 14.4. The van der Waals surface area contributed by atoms with Crippen molar-refractivity contribution in [1.29, 1.82) is 0 Å². The number of ether oxygens (including phenoxy) is 3. The predicted octanol–water partition coefficient (Wildman–Crippen LogP) is 5.38. The minimum atomic E-state index is -0.412. The van der Waals surface area contributed by atoms with Gasteiger partial charge < -0.3 is 24.8 Å². The number of anilines is 3. The lowest BCUT2D eigenvalue weighted by atomic mass is 10.2. The summed E-state index contributed by atoms with van der Waals surface area (Å²) in [4.78, 5) is 17.9. The zero-order chi connectivity index (χ0) is 26.6. The summed E-state index contributed by atoms with van der Waals surface area (Å²) in [5.41, 5.74) is 2.53. The van der Waals surface area contributed by atoms with Crippen LogP contribution in [0.1, 0.15) is 5.56 Å². The number of halogens is 2. The molecule has 194 valence electrons. The number of fused-ring (bicyclic) bond motifs is 1. The molecule has 5 aromatic rings. The van der Waals surface area contributed by atoms with E-state index < -0.39 is 5.82 Å². The third-order valence-corrected chi connectivity index (χ3v) is 5.93. The van der Waals surface area contributed by atoms with Gasteiger partial charge in [0.15, 0.2) is 11.5 Å². The Hall–Kier alpha value is -4.64. The van der Waals surface area contributed by atoms with Gasteiger partial charge in [0.05, 0.1) is 32.4 Å². The second-order valence-electron chi connectivity index (χ2n) is 8.00. The van der Waals surface area contributed by atoms with Crippen LogP contribution in [0.3, 0.4) is 0 Å². The number of aromatic nitrogens is 5. The van der Waals surface area contributed by atoms with Crippen LogP contribution >= 0.6 is 11.6 Å². The first-order valence-electron chi connectivity index (χ1n) is 11.4. The van der Waals surface area contributed by atoms with Crippen molar-refractivity contribution in [2.24, 2.45) is 0 Å². The molecule has 2 N–H and O–H groups in total. The van der Waals surface area contributed by atoms with E-state index in [1.165, 1.54) is 33.7 Å². The molecule has 0 unspecified atom stereocenters. The summed E-state index contributed by atoms with van der Waals surface area (Å²) in [5, 5.41) is 6.67. The summed E-state index contributed by atoms with van der Waals surface area (Å²) < 4.78 is 32.4. The minimum absolute atomic E-state index is 0.175. The van der Waals surface area contributed by atoms with Crippen molar-refractivity contribution in [2.75, 3.05) is 32.0 Å². The SMILES string of the molecule is COc1cc(Nc2ncnc(-n3c(NCc4ccc(Cl)cc4F)nc4ccccc43)n2)cc(OC)c1OC. The number of hydrogen-bond acceptors (Lipinski definition) is 9. The van der Waals surface area contributed by atoms with Gasteiger partial charge in [-0.1, -0.05) is 29.8 Å². The van der Waals surface area contributed by atoms with E-state index >= 15 is 0 Å². The fraction of sp³-hybridized carbons (Fsp3) is 0.154. The molecule has 38 heavy (non-hydrogen) atoms. The van der Waals surface area contributed by atoms with E-state index in [0.717, 1.165) is 5.52 Å². The number of nitrogens with zero attached hydrogens (tertiary/aromatic N) is 5. The smallest absolute Gasteiger partial charge is 0.241 e. The maximum Gasteiger partial charge on any atom is 0.241 e. The topological polar surface area (TPSA) is 108 Å². The third kappa shape index (κ3) is 4.96. The van der Waals surface area contributed by atoms with Crippen molar-refractivity contribution in [3.05, 3.63) is 77.3 Å². The molecule has 0 aliphatic heterocycles. The molecule has 0 saturated carbocycles. The zero-order valence-corrected chi connectivity index (χ0v) is 21.5. The average Bonchev–Trinajstić information content (AvgIpc) is 3.30. The highest BCUT2D eigenvalue weighted by Crippen LogP contribution is 2.40. The van der Waals surface area contributed by atoms with Crippen LogP contribution in [0.2, 0.25) is 5.02 Å². The second kappa shape index (κ2) is 10.8. The Labute approximate surface area is 222 Å². The molecule has 0 atom stereocenters. The van der Waals surface area contributed by atoms with E-state index in [4.69, 9.17) is 25.8 Å². The molecule has 0 bridgehead atoms. The second-order valence-corrected chi connectivity index (χ2v) is 8.43. The highest BCUT2D eigenvalue weighted by Gasteiger charge is 2.17. The predicted molar refractivity (Wildman–Crippen MR) is 143 cm³/mol. The minimum Gasteiger partial charge on any atom is -0.493 e. The molecule has 0 radical (unpaired) electrons. The fourth-order valence-electron chi connectivity index (χ4n) is 3.92. The molecule has 12 heteroatoms. The Balaban J connectivity index is 1.50. The van der Waals surface area contributed by atoms with Crippen molar-refractivity contribution in [1.82, 2.24) is 24.5 Å². The first kappa shape index (κ1) is 25.0. The van der Waals surface area contributed by atoms with Gasteiger partial charge in [0.25, 0.3) is 0 Å². The largest absolute Gasteiger partial charge is 0.493 e. The Kier molecular flexibility index (Phi) is 7.09. The lowest BCUT2D eigenvalue weighted by Gasteiger charge is -2.15. The lowest BCUT2D eigenvalue weighted by molar-refractivity contribution is 0.324. The van der Waals surface area contributed by atoms with Gasteiger partial charge in [-0.05, 0) is 24.3 Å². The number of nitrogens with one attached hydrogen (secondary N) is 2. The quantitative estimate of drug-likeness (QED) is 0.257. The highest BCUT2D eigenvalue weighted by molar-refractivity contribution is 6.30. The number of benzene rings is 3. The van der Waals surface area contributed by atoms with Crippen LogP contribution in [0.25, 0.3) is 17.0 Å². The summed E-state index contributed by atoms with van der Waals surface area (Å²) in [6.45, 7) is 0.175. The lowest BCUT2D eigenvalue weighted by Crippen LogP contribution is -2.11. The third-order valence-electron chi connectivity index (χ3n) is 5.69. The van der Waals surface area contributed by atoms with Gasteiger partial charge in [-0.2, -0.15) is 4.98 Å². The van der Waals surface area contributed by atoms with Gasteiger partial charge >= 0.3 is 0 Å². The van der Waals surface area contributed by atoms with E-state index in [1.807, 2.05) is 24.3 Å². The molecule has 3 aromatic carbocycles. The van der Waals surface area contributed by atoms with E-state index in [2.05, 4.69) is 30.6 Å². The molecule has 0 aliphatic rings. The van der Waals surface area contributed by atoms with Crippen LogP contribution in [0, 0.1) is 5.82 Å². The molecule has 0 saturated heterocycles. The average molecular weight is 536 g/mol. The first-order valence-corrected chi connectivity index (χ1v) is 11.8. The van der Waals surface area contributed by atoms with Crippen LogP contribution in [-0.2, 0) is 6.54 Å². The standard InChI is InChI=1S/C26H23ClFN7O3/c1-36-21-11-17(12-22(37-2)23(21)38-3)32-24-30-14-31-26(34-24)35-20-7-5-4-6-19(20)33-25(35)29-13-15-8-9-16(27)10-18(15)28/h4-12,14H,13H2,1-3H3,(H,29,33)(H,30,31,32,34). The number of hydrogen-bond donors (Lipinski definition) is 2. The Morgan fingerprint density at radius 3 is 2.39 bits per heavy atom. The molecule has 2 heterocycles. The Morgan fingerprint density at radius 1 is 0.921 bits per heavy atom. The first-order chi connectivity index (χ1) is 18.5. The number of para-hydroxylation sites is 2. The maximum absolute atomic E-state index is 14.4. The van der Waals surface area contributed by atoms with E-state index in [-0.39, 0.29) is 12.5 Å². The monoisotopic (exact) mass is 535 g/mol. The summed E-state index contributed by atoms with van der Waals surface area (Å²) in [6.07, 6.45) is 1.39. The molecule has 0 spiro atoms. The zero-order valence-electron chi connectivity index (χ0n) is 20.7. The summed E-state index contributed by atoms with van der Waals surface area (Å²) in [7, 11) is 4.61. The van der Waals surface area contributed by atoms with Gasteiger partial charge in [0.2, 0.25) is 23.6 Å². The van der Waals surface area contributed by atoms with E-state index in [9.17, 15) is 4.39 Å². The van der Waals surface area contributed by atoms with Crippen LogP contribution in [0.5, 0.6) is 17.2 Å². The van der Waals surface area contributed by atoms with Crippen molar-refractivity contribution < 1.29 is 18.6 Å². The van der Waals surface area contributed by atoms with Crippen molar-refractivity contribution in [3.63, 3.8) is 0 Å². The summed E-state index contributed by atoms with van der Waals surface area (Å²) >= 11 is 5.89. The van der Waals surface area contributed by atoms with Gasteiger partial charge in [0.1, 0.15) is 12.1 Å². The number of methoxy groups -OCH3 is 3. The highest BCUT2D eigenvalue weighted by atomic mass is 35.5. The van der Waals surface area contributed by atoms with E-state index in [0.29, 0.717) is 50.9 Å². The molecule has 2 aromatic heterocycles. The molecule has 0 fully saturated rings. The van der Waals surface area contributed by atoms with Gasteiger partial charge in [0, 0.05) is 35.0 Å². The number of imidazole rings is 1. The van der Waals surface area contributed by atoms with Gasteiger partial charge in [-0.15, -0.1) is 0 Å². The molecule has 0 amide bonds. The molecular formula is C26H23ClFN7O3. The number of rotatable bonds is 9.